The van der Waals surface area contributed by atoms with Crippen molar-refractivity contribution in [1.29, 1.82) is 0 Å². The second-order valence-corrected chi connectivity index (χ2v) is 4.10. The van der Waals surface area contributed by atoms with E-state index in [9.17, 15) is 14.4 Å². The Hall–Kier alpha value is -2.41. The van der Waals surface area contributed by atoms with E-state index < -0.39 is 23.8 Å². The molecule has 0 heterocycles. The first-order valence-corrected chi connectivity index (χ1v) is 5.50. The zero-order valence-electron chi connectivity index (χ0n) is 10.3. The molecule has 0 saturated heterocycles. The van der Waals surface area contributed by atoms with Crippen molar-refractivity contribution in [2.75, 3.05) is 5.32 Å². The Labute approximate surface area is 109 Å². The van der Waals surface area contributed by atoms with Crippen molar-refractivity contribution in [3.8, 4) is 0 Å². The number of amides is 2. The Morgan fingerprint density at radius 1 is 1.37 bits per heavy atom. The monoisotopic (exact) mass is 265 g/mol. The molecule has 0 aliphatic rings. The van der Waals surface area contributed by atoms with Crippen molar-refractivity contribution in [3.63, 3.8) is 0 Å². The molecule has 2 amide bonds. The molecule has 0 aromatic heterocycles. The van der Waals surface area contributed by atoms with Gasteiger partial charge in [0.2, 0.25) is 11.8 Å². The summed E-state index contributed by atoms with van der Waals surface area (Å²) in [5.41, 5.74) is 11.5. The maximum absolute atomic E-state index is 11.7. The molecule has 0 aliphatic heterocycles. The third-order valence-corrected chi connectivity index (χ3v) is 2.50. The number of carbonyl (C=O) groups excluding carboxylic acids is 2. The fourth-order valence-electron chi connectivity index (χ4n) is 1.42. The maximum Gasteiger partial charge on any atom is 0.335 e. The van der Waals surface area contributed by atoms with Crippen LogP contribution in [-0.4, -0.2) is 28.9 Å². The topological polar surface area (TPSA) is 136 Å². The molecule has 0 fully saturated rings. The van der Waals surface area contributed by atoms with Crippen LogP contribution < -0.4 is 16.8 Å². The van der Waals surface area contributed by atoms with E-state index in [4.69, 9.17) is 16.6 Å². The van der Waals surface area contributed by atoms with Crippen molar-refractivity contribution in [3.05, 3.63) is 29.3 Å². The van der Waals surface area contributed by atoms with Crippen LogP contribution in [0.2, 0.25) is 0 Å². The van der Waals surface area contributed by atoms with Crippen LogP contribution in [0.3, 0.4) is 0 Å². The molecule has 7 nitrogen and oxygen atoms in total. The molecule has 0 radical (unpaired) electrons. The predicted octanol–water partition coefficient (Wildman–Crippen LogP) is -0.166. The van der Waals surface area contributed by atoms with E-state index in [0.717, 1.165) is 0 Å². The van der Waals surface area contributed by atoms with Gasteiger partial charge in [-0.1, -0.05) is 6.07 Å². The molecule has 0 saturated carbocycles. The lowest BCUT2D eigenvalue weighted by Crippen LogP contribution is -2.39. The van der Waals surface area contributed by atoms with E-state index >= 15 is 0 Å². The number of anilines is 1. The molecule has 6 N–H and O–H groups in total. The average Bonchev–Trinajstić information content (AvgIpc) is 2.30. The van der Waals surface area contributed by atoms with Gasteiger partial charge in [-0.25, -0.2) is 4.79 Å². The van der Waals surface area contributed by atoms with Crippen LogP contribution in [0.25, 0.3) is 0 Å². The maximum atomic E-state index is 11.7. The predicted molar refractivity (Wildman–Crippen MR) is 68.6 cm³/mol. The number of carboxylic acids is 1. The van der Waals surface area contributed by atoms with Gasteiger partial charge in [0, 0.05) is 5.69 Å². The van der Waals surface area contributed by atoms with Crippen molar-refractivity contribution in [2.24, 2.45) is 11.5 Å². The van der Waals surface area contributed by atoms with E-state index in [1.54, 1.807) is 13.0 Å². The van der Waals surface area contributed by atoms with Gasteiger partial charge in [-0.3, -0.25) is 9.59 Å². The van der Waals surface area contributed by atoms with Gasteiger partial charge in [0.15, 0.2) is 0 Å². The summed E-state index contributed by atoms with van der Waals surface area (Å²) in [5.74, 6) is -2.37. The summed E-state index contributed by atoms with van der Waals surface area (Å²) in [6.45, 7) is 1.71. The van der Waals surface area contributed by atoms with Gasteiger partial charge in [0.25, 0.3) is 0 Å². The number of rotatable bonds is 5. The second kappa shape index (κ2) is 5.96. The van der Waals surface area contributed by atoms with Crippen LogP contribution in [0.15, 0.2) is 18.2 Å². The lowest BCUT2D eigenvalue weighted by Gasteiger charge is -2.13. The highest BCUT2D eigenvalue weighted by atomic mass is 16.4. The standard InChI is InChI=1S/C12H15N3O4/c1-6-2-3-7(12(18)19)4-9(6)15-11(17)8(13)5-10(14)16/h2-4,8H,5,13H2,1H3,(H2,14,16)(H,15,17)(H,18,19). The SMILES string of the molecule is Cc1ccc(C(=O)O)cc1NC(=O)C(N)CC(N)=O. The summed E-state index contributed by atoms with van der Waals surface area (Å²) >= 11 is 0. The molecular weight excluding hydrogens is 250 g/mol. The third-order valence-electron chi connectivity index (χ3n) is 2.50. The summed E-state index contributed by atoms with van der Waals surface area (Å²) in [7, 11) is 0. The zero-order chi connectivity index (χ0) is 14.6. The number of aryl methyl sites for hydroxylation is 1. The number of aromatic carboxylic acids is 1. The van der Waals surface area contributed by atoms with Gasteiger partial charge in [-0.05, 0) is 24.6 Å². The molecule has 1 aromatic rings. The Balaban J connectivity index is 2.86. The first-order valence-electron chi connectivity index (χ1n) is 5.50. The van der Waals surface area contributed by atoms with Gasteiger partial charge >= 0.3 is 5.97 Å². The molecule has 102 valence electrons. The first-order chi connectivity index (χ1) is 8.81. The van der Waals surface area contributed by atoms with Crippen molar-refractivity contribution < 1.29 is 19.5 Å². The molecule has 0 spiro atoms. The fourth-order valence-corrected chi connectivity index (χ4v) is 1.42. The normalized spacial score (nSPS) is 11.7. The van der Waals surface area contributed by atoms with Crippen LogP contribution in [0.4, 0.5) is 5.69 Å². The number of hydrogen-bond donors (Lipinski definition) is 4. The Morgan fingerprint density at radius 3 is 2.53 bits per heavy atom. The van der Waals surface area contributed by atoms with E-state index in [1.807, 2.05) is 0 Å². The third kappa shape index (κ3) is 4.07. The second-order valence-electron chi connectivity index (χ2n) is 4.10. The molecule has 1 aromatic carbocycles. The molecule has 0 aliphatic carbocycles. The van der Waals surface area contributed by atoms with Crippen LogP contribution >= 0.6 is 0 Å². The number of primary amides is 1. The van der Waals surface area contributed by atoms with Crippen LogP contribution in [0.5, 0.6) is 0 Å². The number of carbonyl (C=O) groups is 3. The molecule has 7 heteroatoms. The highest BCUT2D eigenvalue weighted by Crippen LogP contribution is 2.17. The first kappa shape index (κ1) is 14.7. The average molecular weight is 265 g/mol. The molecule has 1 unspecified atom stereocenters. The minimum atomic E-state index is -1.10. The number of benzene rings is 1. The lowest BCUT2D eigenvalue weighted by molar-refractivity contribution is -0.123. The summed E-state index contributed by atoms with van der Waals surface area (Å²) in [5, 5.41) is 11.3. The molecule has 0 bridgehead atoms. The van der Waals surface area contributed by atoms with E-state index in [-0.39, 0.29) is 12.0 Å². The highest BCUT2D eigenvalue weighted by molar-refractivity contribution is 5.99. The fraction of sp³-hybridized carbons (Fsp3) is 0.250. The van der Waals surface area contributed by atoms with Crippen molar-refractivity contribution >= 4 is 23.5 Å². The largest absolute Gasteiger partial charge is 0.478 e. The Bertz CT molecular complexity index is 528. The van der Waals surface area contributed by atoms with Crippen LogP contribution in [0.1, 0.15) is 22.3 Å². The lowest BCUT2D eigenvalue weighted by atomic mass is 10.1. The Kier molecular flexibility index (Phi) is 4.60. The van der Waals surface area contributed by atoms with Gasteiger partial charge < -0.3 is 21.9 Å². The minimum absolute atomic E-state index is 0.0457. The number of hydrogen-bond acceptors (Lipinski definition) is 4. The van der Waals surface area contributed by atoms with Gasteiger partial charge in [-0.15, -0.1) is 0 Å². The van der Waals surface area contributed by atoms with E-state index in [1.165, 1.54) is 12.1 Å². The van der Waals surface area contributed by atoms with Crippen molar-refractivity contribution in [1.82, 2.24) is 0 Å². The number of nitrogens with one attached hydrogen (secondary N) is 1. The number of nitrogens with two attached hydrogens (primary N) is 2. The van der Waals surface area contributed by atoms with Gasteiger partial charge in [-0.2, -0.15) is 0 Å². The van der Waals surface area contributed by atoms with E-state index in [2.05, 4.69) is 5.32 Å². The minimum Gasteiger partial charge on any atom is -0.478 e. The quantitative estimate of drug-likeness (QED) is 0.586. The zero-order valence-corrected chi connectivity index (χ0v) is 10.3. The molecule has 1 rings (SSSR count). The Morgan fingerprint density at radius 2 is 2.00 bits per heavy atom. The van der Waals surface area contributed by atoms with Crippen molar-refractivity contribution in [2.45, 2.75) is 19.4 Å². The number of carboxylic acid groups (broad SMARTS) is 1. The summed E-state index contributed by atoms with van der Waals surface area (Å²) in [6, 6.07) is 3.26. The smallest absolute Gasteiger partial charge is 0.335 e. The summed E-state index contributed by atoms with van der Waals surface area (Å²) < 4.78 is 0. The molecule has 19 heavy (non-hydrogen) atoms. The molecule has 1 atom stereocenters. The van der Waals surface area contributed by atoms with Crippen LogP contribution in [-0.2, 0) is 9.59 Å². The summed E-state index contributed by atoms with van der Waals surface area (Å²) in [6.07, 6.45) is -0.274. The molecular formula is C12H15N3O4. The van der Waals surface area contributed by atoms with Gasteiger partial charge in [0.05, 0.1) is 18.0 Å². The summed E-state index contributed by atoms with van der Waals surface area (Å²) in [4.78, 5) is 33.2. The van der Waals surface area contributed by atoms with Gasteiger partial charge in [0.1, 0.15) is 0 Å². The van der Waals surface area contributed by atoms with E-state index in [0.29, 0.717) is 11.3 Å². The highest BCUT2D eigenvalue weighted by Gasteiger charge is 2.17. The van der Waals surface area contributed by atoms with Crippen LogP contribution in [0, 0.1) is 6.92 Å².